The highest BCUT2D eigenvalue weighted by atomic mass is 28.4. The van der Waals surface area contributed by atoms with Crippen molar-refractivity contribution in [2.45, 2.75) is 152 Å². The Morgan fingerprint density at radius 2 is 1.45 bits per heavy atom. The number of ketones is 1. The largest absolute Gasteiger partial charge is 0.487 e. The summed E-state index contributed by atoms with van der Waals surface area (Å²) in [5, 5.41) is 2.06. The number of carbonyl (C=O) groups excluding carboxylic acids is 1. The number of fused-ring (bicyclic) bond motifs is 3. The summed E-state index contributed by atoms with van der Waals surface area (Å²) >= 11 is 0. The van der Waals surface area contributed by atoms with E-state index in [0.717, 1.165) is 22.1 Å². The third kappa shape index (κ3) is 8.83. The molecule has 3 aromatic carbocycles. The molecule has 8 nitrogen and oxygen atoms in total. The Labute approximate surface area is 337 Å². The first-order chi connectivity index (χ1) is 26.0. The number of ether oxygens (including phenoxy) is 5. The summed E-state index contributed by atoms with van der Waals surface area (Å²) in [7, 11) is -4.53. The fourth-order valence-corrected chi connectivity index (χ4v) is 10.1. The smallest absolute Gasteiger partial charge is 0.192 e. The predicted molar refractivity (Wildman–Crippen MR) is 228 cm³/mol. The Morgan fingerprint density at radius 3 is 2.14 bits per heavy atom. The van der Waals surface area contributed by atoms with Crippen molar-refractivity contribution in [3.63, 3.8) is 0 Å². The van der Waals surface area contributed by atoms with Gasteiger partial charge in [-0.2, -0.15) is 0 Å². The maximum Gasteiger partial charge on any atom is 0.192 e. The third-order valence-electron chi connectivity index (χ3n) is 13.2. The zero-order valence-corrected chi connectivity index (χ0v) is 38.0. The molecule has 0 radical (unpaired) electrons. The SMILES string of the molecule is CC(C)(C)[Si](C)(C)OC[C@@]1(C)O[C@@](C)(C[C@]23CO[C@](CCOCc4ccccc4)(C=CC2=O)O3)[C@H](Oc2cccc3ccccc23)C[C@@H]1O[Si](C)(C)C(C)(C)C. The number of benzene rings is 3. The lowest BCUT2D eigenvalue weighted by atomic mass is 9.75. The molecule has 0 amide bonds. The van der Waals surface area contributed by atoms with Gasteiger partial charge >= 0.3 is 0 Å². The van der Waals surface area contributed by atoms with Crippen LogP contribution in [0.15, 0.2) is 84.9 Å². The lowest BCUT2D eigenvalue weighted by Crippen LogP contribution is -2.68. The van der Waals surface area contributed by atoms with Crippen molar-refractivity contribution in [2.75, 3.05) is 19.8 Å². The van der Waals surface area contributed by atoms with E-state index in [0.29, 0.717) is 32.7 Å². The first-order valence-electron chi connectivity index (χ1n) is 20.4. The zero-order valence-electron chi connectivity index (χ0n) is 36.0. The van der Waals surface area contributed by atoms with Crippen LogP contribution in [-0.2, 0) is 39.2 Å². The van der Waals surface area contributed by atoms with Crippen LogP contribution in [0.2, 0.25) is 36.3 Å². The highest BCUT2D eigenvalue weighted by molar-refractivity contribution is 6.74. The number of hydrogen-bond donors (Lipinski definition) is 0. The van der Waals surface area contributed by atoms with Crippen LogP contribution in [0.25, 0.3) is 10.8 Å². The molecule has 0 aromatic heterocycles. The molecule has 3 aromatic rings. The van der Waals surface area contributed by atoms with E-state index < -0.39 is 45.3 Å². The van der Waals surface area contributed by atoms with Crippen LogP contribution in [0, 0.1) is 0 Å². The van der Waals surface area contributed by atoms with Gasteiger partial charge in [-0.1, -0.05) is 108 Å². The molecule has 0 spiro atoms. The fraction of sp³-hybridized carbons (Fsp3) is 0.587. The minimum absolute atomic E-state index is 0.000107. The van der Waals surface area contributed by atoms with E-state index in [9.17, 15) is 4.79 Å². The minimum Gasteiger partial charge on any atom is -0.487 e. The molecular formula is C46H66O8Si2. The van der Waals surface area contributed by atoms with Crippen molar-refractivity contribution >= 4 is 33.2 Å². The molecule has 0 N–H and O–H groups in total. The normalized spacial score (nSPS) is 29.9. The number of rotatable bonds is 14. The van der Waals surface area contributed by atoms with Gasteiger partial charge in [0, 0.05) is 24.6 Å². The predicted octanol–water partition coefficient (Wildman–Crippen LogP) is 10.6. The number of carbonyl (C=O) groups is 1. The molecule has 306 valence electrons. The third-order valence-corrected chi connectivity index (χ3v) is 22.2. The van der Waals surface area contributed by atoms with Crippen LogP contribution >= 0.6 is 0 Å². The lowest BCUT2D eigenvalue weighted by molar-refractivity contribution is -0.276. The van der Waals surface area contributed by atoms with Crippen molar-refractivity contribution in [3.8, 4) is 5.75 Å². The van der Waals surface area contributed by atoms with Gasteiger partial charge in [0.25, 0.3) is 0 Å². The molecular weight excluding hydrogens is 737 g/mol. The van der Waals surface area contributed by atoms with Crippen LogP contribution in [0.5, 0.6) is 5.75 Å². The Balaban J connectivity index is 1.35. The molecule has 56 heavy (non-hydrogen) atoms. The van der Waals surface area contributed by atoms with Crippen molar-refractivity contribution in [2.24, 2.45) is 0 Å². The molecule has 6 atom stereocenters. The summed E-state index contributed by atoms with van der Waals surface area (Å²) in [6.45, 7) is 28.2. The summed E-state index contributed by atoms with van der Waals surface area (Å²) in [6.07, 6.45) is 3.72. The van der Waals surface area contributed by atoms with E-state index in [-0.39, 0.29) is 35.0 Å². The zero-order chi connectivity index (χ0) is 40.8. The van der Waals surface area contributed by atoms with E-state index in [1.807, 2.05) is 54.6 Å². The van der Waals surface area contributed by atoms with Crippen LogP contribution in [-0.4, -0.2) is 77.0 Å². The van der Waals surface area contributed by atoms with E-state index in [1.54, 1.807) is 12.2 Å². The van der Waals surface area contributed by atoms with E-state index in [2.05, 4.69) is 99.8 Å². The van der Waals surface area contributed by atoms with Crippen molar-refractivity contribution in [3.05, 3.63) is 90.5 Å². The van der Waals surface area contributed by atoms with Gasteiger partial charge in [-0.05, 0) is 79.3 Å². The molecule has 2 bridgehead atoms. The van der Waals surface area contributed by atoms with E-state index in [4.69, 9.17) is 32.5 Å². The summed E-state index contributed by atoms with van der Waals surface area (Å²) in [5.74, 6) is -0.455. The van der Waals surface area contributed by atoms with Crippen molar-refractivity contribution in [1.29, 1.82) is 0 Å². The molecule has 3 aliphatic heterocycles. The van der Waals surface area contributed by atoms with Gasteiger partial charge in [0.1, 0.15) is 23.1 Å². The van der Waals surface area contributed by atoms with E-state index >= 15 is 0 Å². The quantitative estimate of drug-likeness (QED) is 0.118. The fourth-order valence-electron chi connectivity index (χ4n) is 7.61. The summed E-state index contributed by atoms with van der Waals surface area (Å²) in [4.78, 5) is 14.1. The van der Waals surface area contributed by atoms with Gasteiger partial charge in [-0.25, -0.2) is 0 Å². The standard InChI is InChI=1S/C46H66O8Si2/c1-41(2,3)55(9,10)50-32-44(8)40(52-56(11,12)42(4,5)6)29-39(51-37-24-18-22-35-21-16-17-23-36(35)37)43(7,53-44)31-45-33-49-46(54-45,26-25-38(45)47)27-28-48-30-34-19-14-13-15-20-34/h13-26,39-40H,27-33H2,1-12H3/t39-,40+,43+,44-,45+,46-/m1/s1. The van der Waals surface area contributed by atoms with Gasteiger partial charge in [0.2, 0.25) is 0 Å². The highest BCUT2D eigenvalue weighted by Crippen LogP contribution is 2.51. The summed E-state index contributed by atoms with van der Waals surface area (Å²) < 4.78 is 48.4. The second-order valence-corrected chi connectivity index (χ2v) is 29.4. The first kappa shape index (κ1) is 42.9. The Hall–Kier alpha value is -2.68. The monoisotopic (exact) mass is 802 g/mol. The molecule has 0 aliphatic carbocycles. The molecule has 3 aliphatic rings. The molecule has 10 heteroatoms. The topological polar surface area (TPSA) is 81.7 Å². The molecule has 0 unspecified atom stereocenters. The molecule has 6 rings (SSSR count). The molecule has 0 saturated carbocycles. The molecule has 2 fully saturated rings. The lowest BCUT2D eigenvalue weighted by Gasteiger charge is -2.56. The van der Waals surface area contributed by atoms with E-state index in [1.165, 1.54) is 0 Å². The second-order valence-electron chi connectivity index (χ2n) is 19.8. The Bertz CT molecular complexity index is 1880. The van der Waals surface area contributed by atoms with Gasteiger partial charge in [-0.3, -0.25) is 4.79 Å². The Morgan fingerprint density at radius 1 is 0.786 bits per heavy atom. The second kappa shape index (κ2) is 15.5. The van der Waals surface area contributed by atoms with Crippen LogP contribution in [0.4, 0.5) is 0 Å². The highest BCUT2D eigenvalue weighted by Gasteiger charge is 2.63. The molecule has 3 heterocycles. The van der Waals surface area contributed by atoms with Gasteiger partial charge in [0.05, 0.1) is 32.5 Å². The van der Waals surface area contributed by atoms with Crippen molar-refractivity contribution in [1.82, 2.24) is 0 Å². The van der Waals surface area contributed by atoms with Crippen LogP contribution in [0.1, 0.15) is 80.2 Å². The maximum absolute atomic E-state index is 14.1. The Kier molecular flexibility index (Phi) is 11.9. The summed E-state index contributed by atoms with van der Waals surface area (Å²) in [5.41, 5.74) is -2.08. The van der Waals surface area contributed by atoms with Gasteiger partial charge in [0.15, 0.2) is 33.8 Å². The van der Waals surface area contributed by atoms with Gasteiger partial charge < -0.3 is 32.5 Å². The maximum atomic E-state index is 14.1. The molecule has 2 saturated heterocycles. The van der Waals surface area contributed by atoms with Crippen LogP contribution < -0.4 is 4.74 Å². The van der Waals surface area contributed by atoms with Crippen molar-refractivity contribution < 1.29 is 37.3 Å². The minimum atomic E-state index is -2.32. The first-order valence-corrected chi connectivity index (χ1v) is 26.2. The average Bonchev–Trinajstić information content (AvgIpc) is 3.43. The summed E-state index contributed by atoms with van der Waals surface area (Å²) in [6, 6.07) is 24.5. The van der Waals surface area contributed by atoms with Crippen LogP contribution in [0.3, 0.4) is 0 Å². The van der Waals surface area contributed by atoms with Gasteiger partial charge in [-0.15, -0.1) is 0 Å². The number of hydrogen-bond acceptors (Lipinski definition) is 8. The average molecular weight is 803 g/mol.